The Bertz CT molecular complexity index is 7080. The topological polar surface area (TPSA) is 700 Å². The maximum absolute atomic E-state index is 16.8. The summed E-state index contributed by atoms with van der Waals surface area (Å²) in [6.07, 6.45) is -4.73. The van der Waals surface area contributed by atoms with E-state index < -0.39 is 185 Å². The van der Waals surface area contributed by atoms with Crippen LogP contribution in [0.2, 0.25) is 0 Å². The fourth-order valence-electron chi connectivity index (χ4n) is 17.1. The number of nitrogens with one attached hydrogen (secondary N) is 5. The maximum Gasteiger partial charge on any atom is 0.345 e. The van der Waals surface area contributed by atoms with Crippen molar-refractivity contribution < 1.29 is 83.0 Å². The maximum atomic E-state index is 16.8. The first-order valence-corrected chi connectivity index (χ1v) is 53.9. The summed E-state index contributed by atoms with van der Waals surface area (Å²) in [6, 6.07) is 0. The highest BCUT2D eigenvalue weighted by Gasteiger charge is 2.53. The third-order valence-corrected chi connectivity index (χ3v) is 39.3. The monoisotopic (exact) mass is 2090 g/mol. The third-order valence-electron chi connectivity index (χ3n) is 24.6. The molecule has 6 saturated heterocycles. The summed E-state index contributed by atoms with van der Waals surface area (Å²) in [5.41, 5.74) is 20.2. The number of anilines is 4. The van der Waals surface area contributed by atoms with Crippen molar-refractivity contribution in [1.29, 1.82) is 0 Å². The highest BCUT2D eigenvalue weighted by Crippen LogP contribution is 2.62. The zero-order valence-electron chi connectivity index (χ0n) is 80.0. The van der Waals surface area contributed by atoms with Crippen molar-refractivity contribution in [1.82, 2.24) is 153 Å². The van der Waals surface area contributed by atoms with Crippen LogP contribution in [-0.4, -0.2) is 407 Å². The van der Waals surface area contributed by atoms with Crippen LogP contribution >= 0.6 is 45.9 Å². The van der Waals surface area contributed by atoms with Gasteiger partial charge in [0.15, 0.2) is 57.4 Å². The Kier molecular flexibility index (Phi) is 30.5. The molecule has 0 bridgehead atoms. The van der Waals surface area contributed by atoms with Gasteiger partial charge in [-0.05, 0) is 105 Å². The Labute approximate surface area is 802 Å². The van der Waals surface area contributed by atoms with Crippen LogP contribution in [0.15, 0.2) is 77.6 Å². The minimum Gasteiger partial charge on any atom is -0.382 e. The fraction of sp³-hybridized carbons (Fsp3) is 0.622. The molecule has 141 heavy (non-hydrogen) atoms. The molecule has 16 rings (SSSR count). The summed E-state index contributed by atoms with van der Waals surface area (Å²) < 4.78 is 199. The quantitative estimate of drug-likeness (QED) is 0.0214. The fourth-order valence-corrected chi connectivity index (χ4v) is 27.8. The van der Waals surface area contributed by atoms with Gasteiger partial charge in [0, 0.05) is 76.0 Å². The van der Waals surface area contributed by atoms with Crippen LogP contribution in [0.5, 0.6) is 0 Å². The number of nitrogen functional groups attached to an aromatic ring is 4. The predicted molar refractivity (Wildman–Crippen MR) is 508 cm³/mol. The molecule has 0 saturated carbocycles. The Morgan fingerprint density at radius 2 is 0.596 bits per heavy atom. The highest BCUT2D eigenvalue weighted by molar-refractivity contribution is 7.56. The largest absolute Gasteiger partial charge is 0.382 e. The van der Waals surface area contributed by atoms with E-state index in [1.54, 1.807) is 28.1 Å². The number of H-pyrrole nitrogens is 5. The minimum absolute atomic E-state index is 0.0120. The number of aromatic nitrogens is 20. The molecule has 18 atom stereocenters. The second-order valence-electron chi connectivity index (χ2n) is 35.8. The number of nitrogens with two attached hydrogens (primary N) is 4. The molecule has 0 aliphatic carbocycles. The highest BCUT2D eigenvalue weighted by atomic mass is 31.2. The van der Waals surface area contributed by atoms with Crippen LogP contribution in [-0.2, 0) is 83.0 Å². The zero-order chi connectivity index (χ0) is 102. The summed E-state index contributed by atoms with van der Waals surface area (Å²) in [4.78, 5) is 146. The van der Waals surface area contributed by atoms with Crippen molar-refractivity contribution in [2.24, 2.45) is 0 Å². The smallest absolute Gasteiger partial charge is 0.345 e. The number of aromatic amines is 5. The average Bonchev–Trinajstić information content (AvgIpc) is 1.71. The van der Waals surface area contributed by atoms with Crippen molar-refractivity contribution in [3.8, 4) is 0 Å². The molecule has 0 aromatic carbocycles. The molecule has 13 N–H and O–H groups in total. The second kappa shape index (κ2) is 41.2. The van der Waals surface area contributed by atoms with Gasteiger partial charge in [0.05, 0.1) is 134 Å². The number of hydrogen-bond acceptors (Lipinski definition) is 39. The summed E-state index contributed by atoms with van der Waals surface area (Å²) in [5, 5.41) is 0. The number of aryl methyl sites for hydroxylation is 2. The number of hydrogen-bond donors (Lipinski definition) is 9. The number of fused-ring (bicyclic) bond motifs is 4. The lowest BCUT2D eigenvalue weighted by molar-refractivity contribution is -0.134. The Morgan fingerprint density at radius 1 is 0.333 bits per heavy atom. The van der Waals surface area contributed by atoms with Crippen LogP contribution in [0.3, 0.4) is 0 Å². The number of likely N-dealkylation sites (N-methyl/N-ethyl adjacent to an activating group) is 1. The van der Waals surface area contributed by atoms with E-state index in [2.05, 4.69) is 69.8 Å². The van der Waals surface area contributed by atoms with Gasteiger partial charge in [0.1, 0.15) is 36.8 Å². The van der Waals surface area contributed by atoms with Gasteiger partial charge in [-0.15, -0.1) is 0 Å². The zero-order valence-corrected chi connectivity index (χ0v) is 85.3. The molecule has 10 aromatic rings. The molecule has 61 nitrogen and oxygen atoms in total. The van der Waals surface area contributed by atoms with Gasteiger partial charge in [-0.1, -0.05) is 0 Å². The molecule has 16 heterocycles. The van der Waals surface area contributed by atoms with Crippen LogP contribution < -0.4 is 62.1 Å². The molecular formula is C74H116N36O25P6. The second-order valence-corrected chi connectivity index (χ2v) is 51.5. The van der Waals surface area contributed by atoms with E-state index in [1.165, 1.54) is 202 Å². The average molecular weight is 2100 g/mol. The van der Waals surface area contributed by atoms with Crippen LogP contribution in [0.1, 0.15) is 48.5 Å². The van der Waals surface area contributed by atoms with Crippen molar-refractivity contribution in [2.75, 3.05) is 239 Å². The predicted octanol–water partition coefficient (Wildman–Crippen LogP) is -1.07. The summed E-state index contributed by atoms with van der Waals surface area (Å²) >= 11 is 0. The van der Waals surface area contributed by atoms with Gasteiger partial charge in [-0.25, -0.2) is 90.9 Å². The van der Waals surface area contributed by atoms with Crippen molar-refractivity contribution in [3.63, 3.8) is 0 Å². The van der Waals surface area contributed by atoms with Gasteiger partial charge >= 0.3 is 49.7 Å². The Hall–Kier alpha value is -9.42. The number of morpholine rings is 6. The van der Waals surface area contributed by atoms with E-state index in [4.69, 9.17) is 78.5 Å². The van der Waals surface area contributed by atoms with E-state index in [1.807, 2.05) is 4.90 Å². The lowest BCUT2D eigenvalue weighted by atomic mass is 10.2. The number of rotatable bonds is 35. The molecular weight excluding hydrogens is 1980 g/mol. The first-order valence-electron chi connectivity index (χ1n) is 44.2. The van der Waals surface area contributed by atoms with Crippen molar-refractivity contribution in [3.05, 3.63) is 128 Å². The minimum atomic E-state index is -4.54. The number of imidazole rings is 4. The van der Waals surface area contributed by atoms with Gasteiger partial charge in [0.25, 0.3) is 35.3 Å². The van der Waals surface area contributed by atoms with Gasteiger partial charge in [-0.2, -0.15) is 15.0 Å². The number of ether oxygens (including phenoxy) is 6. The number of nitrogens with zero attached hydrogens (tertiary/aromatic N) is 27. The lowest BCUT2D eigenvalue weighted by Crippen LogP contribution is -2.51. The summed E-state index contributed by atoms with van der Waals surface area (Å²) in [7, 11) is -5.59. The SMILES string of the molecule is Cc1cn([C@H]2CN(C)C[C@@H](COP(=O)(N(C)C)N3C[C@@H](COP(=O)(N(C)C)N4C[C@@H](COP(=O)(N(C)C)N5C[C@@H](COP(=O)(N(C)C)N6C[C@@H](COP(=O)(N(C)C)N7C[C@@H](COP(C)(=O)N(C)C)O[C@@H](n8cnc9c(=O)[nH]c(N)nc98)C7)O[C@@H](n7cnc8c(=O)[nH]c(N)nc87)C6)O[C@@H](n6cnc7c(N)ncnc76)C5)O[C@@H](n5cnc6c(=O)[nH]c(N)nc65)C4)O[C@@H](n4cc(C)c(=O)[nH]c4=O)C3)O2)c(=O)[nH]c1=O. The molecule has 0 radical (unpaired) electrons. The molecule has 6 aliphatic heterocycles. The molecule has 0 amide bonds. The first-order chi connectivity index (χ1) is 66.5. The first kappa shape index (κ1) is 104. The summed E-state index contributed by atoms with van der Waals surface area (Å²) in [6.45, 7) is -0.708. The van der Waals surface area contributed by atoms with E-state index in [0.717, 1.165) is 4.57 Å². The van der Waals surface area contributed by atoms with E-state index in [0.29, 0.717) is 0 Å². The van der Waals surface area contributed by atoms with E-state index >= 15 is 22.8 Å². The van der Waals surface area contributed by atoms with Crippen LogP contribution in [0.4, 0.5) is 23.7 Å². The molecule has 0 spiro atoms. The normalized spacial score (nSPS) is 26.0. The molecule has 10 aromatic heterocycles. The van der Waals surface area contributed by atoms with Gasteiger partial charge < -0.3 is 78.5 Å². The van der Waals surface area contributed by atoms with Crippen molar-refractivity contribution >= 4 is 114 Å². The molecule has 67 heteroatoms. The van der Waals surface area contributed by atoms with Crippen molar-refractivity contribution in [2.45, 2.75) is 87.8 Å². The molecule has 6 unspecified atom stereocenters. The third kappa shape index (κ3) is 21.3. The van der Waals surface area contributed by atoms with Gasteiger partial charge in [0.2, 0.25) is 17.8 Å². The van der Waals surface area contributed by atoms with Gasteiger partial charge in [-0.3, -0.25) is 109 Å². The summed E-state index contributed by atoms with van der Waals surface area (Å²) in [5.74, 6) is -0.775. The van der Waals surface area contributed by atoms with Crippen LogP contribution in [0.25, 0.3) is 44.7 Å². The standard InChI is InChI=1S/C74H116N36O25P6/c1-42-17-105(73(116)91-65(42)111)50-25-99(15)19-44(130-50)32-125-137(119,94(5)6)100-21-46(131-51(26-100)106-18-43(2)66(112)92-74(106)117)33-126-140(122,97(11)12)103-23-49(135-54(29-103)109-40-83-58-63(109)86-71(77)89-68(58)114)36-129-139(121,96(9)10)102-22-47(133-52(27-102)107-38-81-56-60(75)79-37-80-61(56)107)34-127-141(123,98(13)14)104-24-48(134-55(30-104)110-41-84-59-64(110)87-72(78)90-69(59)115)35-128-138(120,95(7)8)101-20-45(31-124-136(16,118)93(3)4)132-53(28-101)108-39-82-57-62(108)85-70(76)88-67(57)113/h17-18,37-41,44-55H,19-36H2,1-16H3,(H2,75,79,80)(H,91,111,116)(H,92,112,117)(H3,76,85,88,113)(H3,77,86,89,114)(H3,78,87,90,115)/t44-,45-,46-,47-,48-,49-,50+,51+,52+,53+,54+,55+,136?,137?,138?,139?,140?,141?/m0/s1. The van der Waals surface area contributed by atoms with E-state index in [9.17, 15) is 38.1 Å². The van der Waals surface area contributed by atoms with Crippen LogP contribution in [0, 0.1) is 13.8 Å². The lowest BCUT2D eigenvalue weighted by Gasteiger charge is -2.46. The van der Waals surface area contributed by atoms with E-state index in [-0.39, 0.29) is 171 Å². The molecule has 6 aliphatic rings. The Balaban J connectivity index is 0.684. The molecule has 6 fully saturated rings. The molecule has 772 valence electrons. The Morgan fingerprint density at radius 3 is 0.887 bits per heavy atom.